The van der Waals surface area contributed by atoms with Gasteiger partial charge in [-0.3, -0.25) is 14.6 Å². The van der Waals surface area contributed by atoms with Crippen molar-refractivity contribution in [1.29, 1.82) is 0 Å². The number of nitrogens with zero attached hydrogens (tertiary/aromatic N) is 1. The van der Waals surface area contributed by atoms with Crippen LogP contribution in [0.15, 0.2) is 79.1 Å². The van der Waals surface area contributed by atoms with Crippen LogP contribution in [0, 0.1) is 0 Å². The smallest absolute Gasteiger partial charge is 0.220 e. The van der Waals surface area contributed by atoms with E-state index in [1.165, 1.54) is 0 Å². The van der Waals surface area contributed by atoms with Gasteiger partial charge in [-0.25, -0.2) is 0 Å². The Labute approximate surface area is 152 Å². The second-order valence-corrected chi connectivity index (χ2v) is 6.00. The Morgan fingerprint density at radius 1 is 0.808 bits per heavy atom. The predicted octanol–water partition coefficient (Wildman–Crippen LogP) is 4.03. The Bertz CT molecular complexity index is 860. The van der Waals surface area contributed by atoms with Crippen LogP contribution >= 0.6 is 0 Å². The molecule has 0 radical (unpaired) electrons. The largest absolute Gasteiger partial charge is 0.352 e. The number of hydrogen-bond donors (Lipinski definition) is 1. The lowest BCUT2D eigenvalue weighted by Crippen LogP contribution is -2.23. The Kier molecular flexibility index (Phi) is 5.88. The predicted molar refractivity (Wildman–Crippen MR) is 102 cm³/mol. The van der Waals surface area contributed by atoms with Crippen molar-refractivity contribution in [3.63, 3.8) is 0 Å². The van der Waals surface area contributed by atoms with E-state index in [9.17, 15) is 9.59 Å². The topological polar surface area (TPSA) is 59.1 Å². The van der Waals surface area contributed by atoms with Gasteiger partial charge in [0.25, 0.3) is 0 Å². The molecule has 3 rings (SSSR count). The Morgan fingerprint density at radius 2 is 1.54 bits per heavy atom. The third-order valence-electron chi connectivity index (χ3n) is 4.11. The molecule has 0 fully saturated rings. The minimum absolute atomic E-state index is 0.0267. The zero-order valence-electron chi connectivity index (χ0n) is 14.4. The van der Waals surface area contributed by atoms with Crippen LogP contribution < -0.4 is 5.32 Å². The minimum Gasteiger partial charge on any atom is -0.352 e. The number of carbonyl (C=O) groups is 2. The van der Waals surface area contributed by atoms with Crippen molar-refractivity contribution in [2.24, 2.45) is 0 Å². The molecule has 0 saturated heterocycles. The van der Waals surface area contributed by atoms with E-state index in [1.54, 1.807) is 12.4 Å². The van der Waals surface area contributed by atoms with Gasteiger partial charge in [0.2, 0.25) is 5.91 Å². The van der Waals surface area contributed by atoms with Crippen molar-refractivity contribution < 1.29 is 9.59 Å². The lowest BCUT2D eigenvalue weighted by atomic mass is 10.0. The highest BCUT2D eigenvalue weighted by Gasteiger charge is 2.09. The normalized spacial score (nSPS) is 10.3. The number of hydrogen-bond acceptors (Lipinski definition) is 3. The van der Waals surface area contributed by atoms with Gasteiger partial charge in [0.05, 0.1) is 0 Å². The van der Waals surface area contributed by atoms with E-state index < -0.39 is 0 Å². The third kappa shape index (κ3) is 4.86. The molecule has 26 heavy (non-hydrogen) atoms. The number of aromatic nitrogens is 1. The first-order valence-electron chi connectivity index (χ1n) is 8.56. The molecule has 1 amide bonds. The van der Waals surface area contributed by atoms with Gasteiger partial charge >= 0.3 is 0 Å². The molecule has 130 valence electrons. The van der Waals surface area contributed by atoms with E-state index in [0.717, 1.165) is 16.7 Å². The van der Waals surface area contributed by atoms with Crippen molar-refractivity contribution in [2.45, 2.75) is 19.4 Å². The van der Waals surface area contributed by atoms with Gasteiger partial charge in [0, 0.05) is 37.3 Å². The number of carbonyl (C=O) groups excluding carboxylic acids is 2. The van der Waals surface area contributed by atoms with Crippen LogP contribution in [0.25, 0.3) is 11.1 Å². The van der Waals surface area contributed by atoms with Gasteiger partial charge in [-0.15, -0.1) is 0 Å². The first kappa shape index (κ1) is 17.5. The second kappa shape index (κ2) is 8.72. The lowest BCUT2D eigenvalue weighted by Gasteiger charge is -2.06. The Hall–Kier alpha value is -3.27. The molecule has 0 bridgehead atoms. The standard InChI is InChI=1S/C22H20N2O2/c25-21(12-13-22(26)24-16-17-5-4-14-23-15-17)20-10-8-19(9-11-20)18-6-2-1-3-7-18/h1-11,14-15H,12-13,16H2,(H,24,26). The van der Waals surface area contributed by atoms with Gasteiger partial charge in [0.1, 0.15) is 0 Å². The molecule has 4 nitrogen and oxygen atoms in total. The van der Waals surface area contributed by atoms with Crippen LogP contribution in [-0.4, -0.2) is 16.7 Å². The van der Waals surface area contributed by atoms with Crippen LogP contribution in [0.4, 0.5) is 0 Å². The Balaban J connectivity index is 1.49. The molecule has 0 spiro atoms. The summed E-state index contributed by atoms with van der Waals surface area (Å²) in [5.74, 6) is -0.163. The van der Waals surface area contributed by atoms with Crippen molar-refractivity contribution in [3.05, 3.63) is 90.3 Å². The maximum atomic E-state index is 12.3. The molecular weight excluding hydrogens is 324 g/mol. The van der Waals surface area contributed by atoms with Crippen LogP contribution in [0.5, 0.6) is 0 Å². The van der Waals surface area contributed by atoms with E-state index in [1.807, 2.05) is 66.7 Å². The average molecular weight is 344 g/mol. The average Bonchev–Trinajstić information content (AvgIpc) is 2.72. The SMILES string of the molecule is O=C(CCC(=O)c1ccc(-c2ccccc2)cc1)NCc1cccnc1. The molecule has 3 aromatic rings. The fourth-order valence-corrected chi connectivity index (χ4v) is 2.64. The van der Waals surface area contributed by atoms with Crippen molar-refractivity contribution in [2.75, 3.05) is 0 Å². The molecule has 1 heterocycles. The van der Waals surface area contributed by atoms with Gasteiger partial charge in [-0.05, 0) is 22.8 Å². The summed E-state index contributed by atoms with van der Waals surface area (Å²) < 4.78 is 0. The lowest BCUT2D eigenvalue weighted by molar-refractivity contribution is -0.121. The molecule has 4 heteroatoms. The summed E-state index contributed by atoms with van der Waals surface area (Å²) in [5.41, 5.74) is 3.74. The van der Waals surface area contributed by atoms with Crippen molar-refractivity contribution >= 4 is 11.7 Å². The highest BCUT2D eigenvalue weighted by atomic mass is 16.2. The molecule has 0 atom stereocenters. The van der Waals surface area contributed by atoms with Crippen LogP contribution in [0.3, 0.4) is 0 Å². The second-order valence-electron chi connectivity index (χ2n) is 6.00. The summed E-state index contributed by atoms with van der Waals surface area (Å²) in [6, 6.07) is 21.2. The maximum Gasteiger partial charge on any atom is 0.220 e. The number of nitrogens with one attached hydrogen (secondary N) is 1. The number of benzene rings is 2. The molecule has 0 aliphatic carbocycles. The molecule has 1 aromatic heterocycles. The van der Waals surface area contributed by atoms with E-state index in [0.29, 0.717) is 12.1 Å². The molecule has 0 aliphatic rings. The number of rotatable bonds is 7. The van der Waals surface area contributed by atoms with E-state index in [2.05, 4.69) is 10.3 Å². The number of amides is 1. The van der Waals surface area contributed by atoms with Gasteiger partial charge in [-0.2, -0.15) is 0 Å². The number of pyridine rings is 1. The molecule has 0 unspecified atom stereocenters. The summed E-state index contributed by atoms with van der Waals surface area (Å²) in [7, 11) is 0. The quantitative estimate of drug-likeness (QED) is 0.658. The van der Waals surface area contributed by atoms with Gasteiger partial charge < -0.3 is 5.32 Å². The van der Waals surface area contributed by atoms with Crippen molar-refractivity contribution in [3.8, 4) is 11.1 Å². The summed E-state index contributed by atoms with van der Waals surface area (Å²) in [6.07, 6.45) is 3.77. The fourth-order valence-electron chi connectivity index (χ4n) is 2.64. The van der Waals surface area contributed by atoms with E-state index >= 15 is 0 Å². The first-order chi connectivity index (χ1) is 12.7. The van der Waals surface area contributed by atoms with Crippen LogP contribution in [0.1, 0.15) is 28.8 Å². The number of Topliss-reactive ketones (excluding diaryl/α,β-unsaturated/α-hetero) is 1. The fraction of sp³-hybridized carbons (Fsp3) is 0.136. The van der Waals surface area contributed by atoms with E-state index in [4.69, 9.17) is 0 Å². The molecule has 2 aromatic carbocycles. The molecule has 0 aliphatic heterocycles. The highest BCUT2D eigenvalue weighted by molar-refractivity contribution is 5.98. The highest BCUT2D eigenvalue weighted by Crippen LogP contribution is 2.19. The molecule has 0 saturated carbocycles. The van der Waals surface area contributed by atoms with Crippen LogP contribution in [0.2, 0.25) is 0 Å². The Morgan fingerprint density at radius 3 is 2.23 bits per heavy atom. The summed E-state index contributed by atoms with van der Waals surface area (Å²) in [5, 5.41) is 2.81. The van der Waals surface area contributed by atoms with E-state index in [-0.39, 0.29) is 24.5 Å². The third-order valence-corrected chi connectivity index (χ3v) is 4.11. The first-order valence-corrected chi connectivity index (χ1v) is 8.56. The van der Waals surface area contributed by atoms with Crippen LogP contribution in [-0.2, 0) is 11.3 Å². The molecule has 1 N–H and O–H groups in total. The summed E-state index contributed by atoms with van der Waals surface area (Å²) in [4.78, 5) is 28.2. The summed E-state index contributed by atoms with van der Waals surface area (Å²) >= 11 is 0. The minimum atomic E-state index is -0.136. The summed E-state index contributed by atoms with van der Waals surface area (Å²) in [6.45, 7) is 0.423. The number of ketones is 1. The van der Waals surface area contributed by atoms with Gasteiger partial charge in [0.15, 0.2) is 5.78 Å². The molecular formula is C22H20N2O2. The zero-order chi connectivity index (χ0) is 18.2. The monoisotopic (exact) mass is 344 g/mol. The van der Waals surface area contributed by atoms with Crippen molar-refractivity contribution in [1.82, 2.24) is 10.3 Å². The zero-order valence-corrected chi connectivity index (χ0v) is 14.4. The maximum absolute atomic E-state index is 12.3. The van der Waals surface area contributed by atoms with Gasteiger partial charge in [-0.1, -0.05) is 60.7 Å².